The standard InChI is InChI=1S/C40H62O8/c1-25(2)26-16-21-40(24-47-33(43)14-12-31(41)45-8)23-22-38(6)27(35(26)40)10-11-29-37(5)19-18-30(48-34(44)15-13-32(42)46-9)36(3,4)28(37)17-20-39(29,38)7/h26-30,35H,1,10-24H2,2-9H3/t26-,27+,28-,29+,30-,35-,37-,38+,39+,40+/m0/s1. The Bertz CT molecular complexity index is 1290. The Hall–Kier alpha value is -2.38. The summed E-state index contributed by atoms with van der Waals surface area (Å²) in [6, 6.07) is 0. The monoisotopic (exact) mass is 670 g/mol. The zero-order valence-electron chi connectivity index (χ0n) is 31.0. The summed E-state index contributed by atoms with van der Waals surface area (Å²) in [5.74, 6) is 1.02. The van der Waals surface area contributed by atoms with Gasteiger partial charge in [-0.25, -0.2) is 0 Å². The van der Waals surface area contributed by atoms with Crippen LogP contribution >= 0.6 is 0 Å². The average molecular weight is 671 g/mol. The lowest BCUT2D eigenvalue weighted by Gasteiger charge is -2.73. The predicted molar refractivity (Wildman–Crippen MR) is 182 cm³/mol. The van der Waals surface area contributed by atoms with E-state index in [4.69, 9.17) is 18.9 Å². The van der Waals surface area contributed by atoms with Crippen LogP contribution in [0.5, 0.6) is 0 Å². The molecular formula is C40H62O8. The van der Waals surface area contributed by atoms with Crippen LogP contribution in [0.25, 0.3) is 0 Å². The molecule has 5 saturated carbocycles. The topological polar surface area (TPSA) is 105 Å². The van der Waals surface area contributed by atoms with Crippen LogP contribution in [-0.2, 0) is 38.1 Å². The number of ether oxygens (including phenoxy) is 4. The Morgan fingerprint density at radius 3 is 1.92 bits per heavy atom. The van der Waals surface area contributed by atoms with Crippen LogP contribution in [0.3, 0.4) is 0 Å². The van der Waals surface area contributed by atoms with E-state index in [0.717, 1.165) is 51.4 Å². The highest BCUT2D eigenvalue weighted by atomic mass is 16.5. The fourth-order valence-electron chi connectivity index (χ4n) is 12.8. The van der Waals surface area contributed by atoms with Gasteiger partial charge in [0, 0.05) is 10.8 Å². The number of hydrogen-bond donors (Lipinski definition) is 0. The van der Waals surface area contributed by atoms with Gasteiger partial charge < -0.3 is 18.9 Å². The van der Waals surface area contributed by atoms with Crippen molar-refractivity contribution in [2.24, 2.45) is 56.7 Å². The summed E-state index contributed by atoms with van der Waals surface area (Å²) in [4.78, 5) is 48.9. The second-order valence-electron chi connectivity index (χ2n) is 17.7. The Morgan fingerprint density at radius 1 is 0.667 bits per heavy atom. The van der Waals surface area contributed by atoms with E-state index in [1.807, 2.05) is 0 Å². The normalized spacial score (nSPS) is 41.0. The lowest BCUT2D eigenvalue weighted by molar-refractivity contribution is -0.252. The number of allylic oxidation sites excluding steroid dienone is 1. The van der Waals surface area contributed by atoms with Gasteiger partial charge in [-0.15, -0.1) is 0 Å². The fraction of sp³-hybridized carbons (Fsp3) is 0.850. The number of carbonyl (C=O) groups excluding carboxylic acids is 4. The van der Waals surface area contributed by atoms with Crippen LogP contribution in [0, 0.1) is 56.7 Å². The summed E-state index contributed by atoms with van der Waals surface area (Å²) in [7, 11) is 2.68. The molecule has 0 aromatic rings. The third-order valence-electron chi connectivity index (χ3n) is 15.5. The van der Waals surface area contributed by atoms with Gasteiger partial charge in [-0.1, -0.05) is 46.8 Å². The summed E-state index contributed by atoms with van der Waals surface area (Å²) in [6.07, 6.45) is 10.9. The van der Waals surface area contributed by atoms with Crippen LogP contribution in [0.1, 0.15) is 131 Å². The quantitative estimate of drug-likeness (QED) is 0.131. The van der Waals surface area contributed by atoms with E-state index in [1.165, 1.54) is 32.6 Å². The molecule has 0 aromatic carbocycles. The largest absolute Gasteiger partial charge is 0.469 e. The molecule has 0 spiro atoms. The van der Waals surface area contributed by atoms with E-state index in [2.05, 4.69) is 48.1 Å². The Morgan fingerprint density at radius 2 is 1.29 bits per heavy atom. The van der Waals surface area contributed by atoms with E-state index in [0.29, 0.717) is 36.2 Å². The van der Waals surface area contributed by atoms with Crippen LogP contribution in [0.4, 0.5) is 0 Å². The average Bonchev–Trinajstić information content (AvgIpc) is 3.43. The molecule has 0 aliphatic heterocycles. The van der Waals surface area contributed by atoms with Gasteiger partial charge in [0.25, 0.3) is 0 Å². The molecule has 5 aliphatic rings. The minimum absolute atomic E-state index is 0.0448. The lowest BCUT2D eigenvalue weighted by atomic mass is 9.32. The fourth-order valence-corrected chi connectivity index (χ4v) is 12.8. The molecule has 270 valence electrons. The molecule has 0 amide bonds. The van der Waals surface area contributed by atoms with Gasteiger partial charge in [0.1, 0.15) is 6.10 Å². The number of esters is 4. The Kier molecular flexibility index (Phi) is 10.3. The summed E-state index contributed by atoms with van der Waals surface area (Å²) >= 11 is 0. The molecule has 5 fully saturated rings. The molecule has 10 atom stereocenters. The van der Waals surface area contributed by atoms with Crippen molar-refractivity contribution in [3.8, 4) is 0 Å². The maximum atomic E-state index is 12.8. The lowest BCUT2D eigenvalue weighted by Crippen LogP contribution is -2.67. The van der Waals surface area contributed by atoms with Gasteiger partial charge in [-0.2, -0.15) is 0 Å². The highest BCUT2D eigenvalue weighted by molar-refractivity contribution is 5.78. The molecule has 0 bridgehead atoms. The molecule has 5 rings (SSSR count). The van der Waals surface area contributed by atoms with E-state index in [1.54, 1.807) is 0 Å². The van der Waals surface area contributed by atoms with Crippen LogP contribution < -0.4 is 0 Å². The summed E-state index contributed by atoms with van der Waals surface area (Å²) in [5.41, 5.74) is 1.53. The van der Waals surface area contributed by atoms with Crippen molar-refractivity contribution in [1.82, 2.24) is 0 Å². The second kappa shape index (κ2) is 13.4. The zero-order chi connectivity index (χ0) is 35.3. The SMILES string of the molecule is C=C(C)[C@@H]1CC[C@]2(COC(=O)CCC(=O)OC)CC[C@]3(C)[C@H](CC[C@@H]4[C@@]5(C)CC[C@H](OC(=O)CCC(=O)OC)C(C)(C)[C@@H]5CC[C@]43C)[C@H]12. The van der Waals surface area contributed by atoms with Gasteiger partial charge in [0.05, 0.1) is 46.5 Å². The molecule has 0 N–H and O–H groups in total. The number of methoxy groups -OCH3 is 2. The Labute approximate surface area is 288 Å². The third kappa shape index (κ3) is 6.03. The van der Waals surface area contributed by atoms with Crippen LogP contribution in [0.2, 0.25) is 0 Å². The first-order valence-corrected chi connectivity index (χ1v) is 18.6. The third-order valence-corrected chi connectivity index (χ3v) is 15.5. The highest BCUT2D eigenvalue weighted by Crippen LogP contribution is 2.77. The zero-order valence-corrected chi connectivity index (χ0v) is 31.0. The van der Waals surface area contributed by atoms with Crippen molar-refractivity contribution in [2.75, 3.05) is 20.8 Å². The molecule has 0 aromatic heterocycles. The molecule has 0 unspecified atom stereocenters. The van der Waals surface area contributed by atoms with Crippen LogP contribution in [0.15, 0.2) is 12.2 Å². The van der Waals surface area contributed by atoms with Crippen molar-refractivity contribution in [2.45, 2.75) is 138 Å². The molecule has 0 saturated heterocycles. The molecule has 48 heavy (non-hydrogen) atoms. The van der Waals surface area contributed by atoms with Crippen molar-refractivity contribution >= 4 is 23.9 Å². The van der Waals surface area contributed by atoms with Crippen molar-refractivity contribution < 1.29 is 38.1 Å². The molecule has 0 radical (unpaired) electrons. The molecule has 5 aliphatic carbocycles. The van der Waals surface area contributed by atoms with Gasteiger partial charge >= 0.3 is 23.9 Å². The molecule has 8 nitrogen and oxygen atoms in total. The Balaban J connectivity index is 1.36. The van der Waals surface area contributed by atoms with E-state index >= 15 is 0 Å². The first-order valence-electron chi connectivity index (χ1n) is 18.6. The number of hydrogen-bond acceptors (Lipinski definition) is 8. The summed E-state index contributed by atoms with van der Waals surface area (Å²) in [6.45, 7) is 19.5. The predicted octanol–water partition coefficient (Wildman–Crippen LogP) is 8.01. The van der Waals surface area contributed by atoms with Gasteiger partial charge in [-0.3, -0.25) is 19.2 Å². The number of carbonyl (C=O) groups is 4. The van der Waals surface area contributed by atoms with E-state index in [9.17, 15) is 19.2 Å². The smallest absolute Gasteiger partial charge is 0.306 e. The van der Waals surface area contributed by atoms with Crippen molar-refractivity contribution in [1.29, 1.82) is 0 Å². The van der Waals surface area contributed by atoms with E-state index in [-0.39, 0.29) is 82.7 Å². The molecule has 8 heteroatoms. The maximum Gasteiger partial charge on any atom is 0.306 e. The second-order valence-corrected chi connectivity index (χ2v) is 17.7. The maximum absolute atomic E-state index is 12.8. The first kappa shape index (κ1) is 36.9. The van der Waals surface area contributed by atoms with E-state index < -0.39 is 0 Å². The highest BCUT2D eigenvalue weighted by Gasteiger charge is 2.71. The first-order chi connectivity index (χ1) is 22.5. The minimum atomic E-state index is -0.387. The molecule has 0 heterocycles. The molecular weight excluding hydrogens is 608 g/mol. The van der Waals surface area contributed by atoms with Crippen molar-refractivity contribution in [3.05, 3.63) is 12.2 Å². The van der Waals surface area contributed by atoms with Crippen molar-refractivity contribution in [3.63, 3.8) is 0 Å². The minimum Gasteiger partial charge on any atom is -0.469 e. The summed E-state index contributed by atoms with van der Waals surface area (Å²) < 4.78 is 21.6. The number of rotatable bonds is 10. The van der Waals surface area contributed by atoms with Gasteiger partial charge in [0.15, 0.2) is 0 Å². The van der Waals surface area contributed by atoms with Gasteiger partial charge in [0.2, 0.25) is 0 Å². The summed E-state index contributed by atoms with van der Waals surface area (Å²) in [5, 5.41) is 0. The number of fused-ring (bicyclic) bond motifs is 7. The van der Waals surface area contributed by atoms with Crippen LogP contribution in [-0.4, -0.2) is 50.8 Å². The van der Waals surface area contributed by atoms with Gasteiger partial charge in [-0.05, 0) is 117 Å².